The first-order valence-corrected chi connectivity index (χ1v) is 12.0. The van der Waals surface area contributed by atoms with E-state index in [-0.39, 0.29) is 17.8 Å². The van der Waals surface area contributed by atoms with Gasteiger partial charge in [0.05, 0.1) is 31.4 Å². The van der Waals surface area contributed by atoms with Crippen molar-refractivity contribution >= 4 is 11.5 Å². The second-order valence-electron chi connectivity index (χ2n) is 8.62. The zero-order valence-electron chi connectivity index (χ0n) is 20.3. The monoisotopic (exact) mass is 492 g/mol. The molecule has 2 aromatic heterocycles. The van der Waals surface area contributed by atoms with Crippen molar-refractivity contribution in [3.05, 3.63) is 79.5 Å². The second-order valence-corrected chi connectivity index (χ2v) is 8.62. The predicted octanol–water partition coefficient (Wildman–Crippen LogP) is 5.59. The number of aromatic nitrogens is 4. The highest BCUT2D eigenvalue weighted by atomic mass is 19.3. The van der Waals surface area contributed by atoms with Crippen LogP contribution in [0.4, 0.5) is 14.6 Å². The van der Waals surface area contributed by atoms with Crippen molar-refractivity contribution in [1.29, 1.82) is 0 Å². The van der Waals surface area contributed by atoms with Gasteiger partial charge in [-0.2, -0.15) is 8.78 Å². The van der Waals surface area contributed by atoms with E-state index in [1.54, 1.807) is 12.4 Å². The van der Waals surface area contributed by atoms with E-state index in [0.717, 1.165) is 42.3 Å². The lowest BCUT2D eigenvalue weighted by Gasteiger charge is -2.25. The summed E-state index contributed by atoms with van der Waals surface area (Å²) in [5.41, 5.74) is 2.16. The molecule has 188 valence electrons. The van der Waals surface area contributed by atoms with Gasteiger partial charge in [0.2, 0.25) is 0 Å². The Labute approximate surface area is 209 Å². The quantitative estimate of drug-likeness (QED) is 0.337. The van der Waals surface area contributed by atoms with Gasteiger partial charge in [0.25, 0.3) is 5.92 Å². The maximum Gasteiger partial charge on any atom is 0.294 e. The fourth-order valence-corrected chi connectivity index (χ4v) is 4.31. The Kier molecular flexibility index (Phi) is 7.87. The number of nitrogens with one attached hydrogen (secondary N) is 2. The van der Waals surface area contributed by atoms with Crippen molar-refractivity contribution < 1.29 is 13.5 Å². The van der Waals surface area contributed by atoms with Crippen molar-refractivity contribution in [1.82, 2.24) is 25.3 Å². The molecule has 1 aliphatic carbocycles. The van der Waals surface area contributed by atoms with Gasteiger partial charge < -0.3 is 15.4 Å². The van der Waals surface area contributed by atoms with Crippen LogP contribution >= 0.6 is 0 Å². The minimum absolute atomic E-state index is 0.0458. The molecule has 0 saturated heterocycles. The minimum Gasteiger partial charge on any atom is -0.491 e. The first-order valence-electron chi connectivity index (χ1n) is 12.0. The largest absolute Gasteiger partial charge is 0.491 e. The fraction of sp³-hybridized carbons (Fsp3) is 0.333. The average molecular weight is 493 g/mol. The Morgan fingerprint density at radius 1 is 1.08 bits per heavy atom. The molecular weight excluding hydrogens is 462 g/mol. The van der Waals surface area contributed by atoms with Crippen molar-refractivity contribution in [2.75, 3.05) is 11.9 Å². The topological polar surface area (TPSA) is 84.9 Å². The van der Waals surface area contributed by atoms with Crippen LogP contribution < -0.4 is 15.4 Å². The molecule has 2 atom stereocenters. The van der Waals surface area contributed by atoms with Crippen molar-refractivity contribution in [3.63, 3.8) is 0 Å². The van der Waals surface area contributed by atoms with E-state index in [9.17, 15) is 8.78 Å². The summed E-state index contributed by atoms with van der Waals surface area (Å²) in [6.07, 6.45) is 9.35. The van der Waals surface area contributed by atoms with Crippen LogP contribution in [0.25, 0.3) is 17.1 Å². The van der Waals surface area contributed by atoms with Crippen molar-refractivity contribution in [3.8, 4) is 17.1 Å². The number of nitrogens with zero attached hydrogens (tertiary/aromatic N) is 4. The van der Waals surface area contributed by atoms with Crippen LogP contribution in [0.15, 0.2) is 68.3 Å². The van der Waals surface area contributed by atoms with Gasteiger partial charge in [-0.15, -0.1) is 6.58 Å². The molecule has 1 aliphatic rings. The number of hydrogen-bond donors (Lipinski definition) is 2. The molecule has 36 heavy (non-hydrogen) atoms. The van der Waals surface area contributed by atoms with Gasteiger partial charge >= 0.3 is 0 Å². The Hall–Kier alpha value is -3.88. The van der Waals surface area contributed by atoms with Gasteiger partial charge in [-0.25, -0.2) is 19.9 Å². The normalized spacial score (nSPS) is 17.4. The highest BCUT2D eigenvalue weighted by molar-refractivity contribution is 5.77. The highest BCUT2D eigenvalue weighted by Crippen LogP contribution is 2.31. The molecule has 4 rings (SSSR count). The number of halogens is 2. The maximum atomic E-state index is 14.0. The van der Waals surface area contributed by atoms with Crippen LogP contribution in [-0.4, -0.2) is 38.6 Å². The number of alkyl halides is 2. The van der Waals surface area contributed by atoms with E-state index in [4.69, 9.17) is 4.74 Å². The number of ether oxygens (including phenoxy) is 1. The minimum atomic E-state index is -3.08. The van der Waals surface area contributed by atoms with Gasteiger partial charge in [-0.3, -0.25) is 0 Å². The summed E-state index contributed by atoms with van der Waals surface area (Å²) in [5, 5.41) is 6.89. The molecule has 1 saturated carbocycles. The summed E-state index contributed by atoms with van der Waals surface area (Å²) in [7, 11) is 0. The smallest absolute Gasteiger partial charge is 0.294 e. The lowest BCUT2D eigenvalue weighted by atomic mass is 10.0. The number of allylic oxidation sites excluding steroid dienone is 1. The summed E-state index contributed by atoms with van der Waals surface area (Å²) >= 11 is 0. The Morgan fingerprint density at radius 2 is 1.83 bits per heavy atom. The summed E-state index contributed by atoms with van der Waals surface area (Å²) < 4.78 is 33.5. The third-order valence-corrected chi connectivity index (χ3v) is 6.07. The molecule has 1 unspecified atom stereocenters. The van der Waals surface area contributed by atoms with Crippen molar-refractivity contribution in [2.45, 2.75) is 50.6 Å². The standard InChI is InChI=1S/C27H30F2N6O/c1-4-13-27(28,29)24-16-31-25(17-30-24)35-23-12-8-11-22(23)34-18(3)20-9-6-7-10-21(20)26-32-14-19(15-33-26)36-5-2/h4,6-7,9-10,14-17,22-23,34H,1,3,5,8,11-13H2,2H3,(H,31,35)/t22?,23-/m0/s1. The molecule has 0 amide bonds. The van der Waals surface area contributed by atoms with E-state index < -0.39 is 12.3 Å². The van der Waals surface area contributed by atoms with Crippen LogP contribution in [0.1, 0.15) is 43.9 Å². The molecule has 0 bridgehead atoms. The molecule has 0 spiro atoms. The number of anilines is 1. The third kappa shape index (κ3) is 5.84. The lowest BCUT2D eigenvalue weighted by molar-refractivity contribution is -0.00575. The first kappa shape index (κ1) is 25.2. The second kappa shape index (κ2) is 11.2. The molecule has 0 radical (unpaired) electrons. The zero-order chi connectivity index (χ0) is 25.5. The van der Waals surface area contributed by atoms with Gasteiger partial charge in [0.1, 0.15) is 11.5 Å². The first-order chi connectivity index (χ1) is 17.4. The molecule has 3 aromatic rings. The van der Waals surface area contributed by atoms with Crippen LogP contribution in [-0.2, 0) is 5.92 Å². The molecule has 7 nitrogen and oxygen atoms in total. The van der Waals surface area contributed by atoms with Crippen LogP contribution in [0, 0.1) is 0 Å². The van der Waals surface area contributed by atoms with Crippen molar-refractivity contribution in [2.24, 2.45) is 0 Å². The van der Waals surface area contributed by atoms with Gasteiger partial charge in [-0.05, 0) is 26.2 Å². The van der Waals surface area contributed by atoms with E-state index >= 15 is 0 Å². The Bertz CT molecular complexity index is 1180. The van der Waals surface area contributed by atoms with Gasteiger partial charge in [0.15, 0.2) is 11.6 Å². The van der Waals surface area contributed by atoms with E-state index in [1.165, 1.54) is 12.3 Å². The summed E-state index contributed by atoms with van der Waals surface area (Å²) in [6.45, 7) is 10.1. The third-order valence-electron chi connectivity index (χ3n) is 6.07. The Balaban J connectivity index is 1.44. The maximum absolute atomic E-state index is 14.0. The number of hydrogen-bond acceptors (Lipinski definition) is 7. The highest BCUT2D eigenvalue weighted by Gasteiger charge is 2.32. The molecule has 9 heteroatoms. The van der Waals surface area contributed by atoms with Gasteiger partial charge in [0, 0.05) is 35.3 Å². The van der Waals surface area contributed by atoms with Crippen LogP contribution in [0.2, 0.25) is 0 Å². The van der Waals surface area contributed by atoms with E-state index in [2.05, 4.69) is 43.7 Å². The van der Waals surface area contributed by atoms with E-state index in [1.807, 2.05) is 31.2 Å². The summed E-state index contributed by atoms with van der Waals surface area (Å²) in [5.74, 6) is -1.42. The van der Waals surface area contributed by atoms with Crippen LogP contribution in [0.5, 0.6) is 5.75 Å². The zero-order valence-corrected chi connectivity index (χ0v) is 20.3. The molecular formula is C27H30F2N6O. The number of rotatable bonds is 11. The van der Waals surface area contributed by atoms with Crippen LogP contribution in [0.3, 0.4) is 0 Å². The molecule has 0 aliphatic heterocycles. The molecule has 1 fully saturated rings. The molecule has 1 aromatic carbocycles. The molecule has 2 heterocycles. The van der Waals surface area contributed by atoms with Gasteiger partial charge in [-0.1, -0.05) is 36.9 Å². The summed E-state index contributed by atoms with van der Waals surface area (Å²) in [4.78, 5) is 17.0. The Morgan fingerprint density at radius 3 is 2.53 bits per heavy atom. The number of benzene rings is 1. The lowest BCUT2D eigenvalue weighted by Crippen LogP contribution is -2.39. The SMILES string of the molecule is C=CCC(F)(F)c1cnc(N[C@H]2CCCC2NC(=C)c2ccccc2-c2ncc(OCC)cn2)cn1. The average Bonchev–Trinajstić information content (AvgIpc) is 3.31. The summed E-state index contributed by atoms with van der Waals surface area (Å²) in [6, 6.07) is 7.95. The predicted molar refractivity (Wildman–Crippen MR) is 137 cm³/mol. The molecule has 2 N–H and O–H groups in total. The van der Waals surface area contributed by atoms with E-state index in [0.29, 0.717) is 24.0 Å². The fourth-order valence-electron chi connectivity index (χ4n) is 4.31.